The Morgan fingerprint density at radius 1 is 1.17 bits per heavy atom. The molecular formula is C14H15N3O. The number of carbonyl (C=O) groups is 1. The Hall–Kier alpha value is -2.20. The lowest BCUT2D eigenvalue weighted by molar-refractivity contribution is -0.122. The van der Waals surface area contributed by atoms with Crippen molar-refractivity contribution in [2.75, 3.05) is 0 Å². The van der Waals surface area contributed by atoms with Crippen molar-refractivity contribution in [3.63, 3.8) is 0 Å². The van der Waals surface area contributed by atoms with Gasteiger partial charge in [-0.1, -0.05) is 36.4 Å². The summed E-state index contributed by atoms with van der Waals surface area (Å²) in [7, 11) is 0. The van der Waals surface area contributed by atoms with Gasteiger partial charge < -0.3 is 11.1 Å². The Labute approximate surface area is 106 Å². The molecule has 1 amide bonds. The minimum atomic E-state index is -0.727. The summed E-state index contributed by atoms with van der Waals surface area (Å²) in [6.07, 6.45) is 1.62. The van der Waals surface area contributed by atoms with Gasteiger partial charge >= 0.3 is 0 Å². The highest BCUT2D eigenvalue weighted by Gasteiger charge is 2.15. The maximum absolute atomic E-state index is 11.8. The van der Waals surface area contributed by atoms with Crippen LogP contribution in [0, 0.1) is 0 Å². The maximum Gasteiger partial charge on any atom is 0.243 e. The fourth-order valence-corrected chi connectivity index (χ4v) is 1.59. The predicted molar refractivity (Wildman–Crippen MR) is 69.5 cm³/mol. The van der Waals surface area contributed by atoms with Crippen LogP contribution in [-0.2, 0) is 11.3 Å². The lowest BCUT2D eigenvalue weighted by Gasteiger charge is -2.11. The molecule has 18 heavy (non-hydrogen) atoms. The van der Waals surface area contributed by atoms with Crippen molar-refractivity contribution in [1.29, 1.82) is 0 Å². The van der Waals surface area contributed by atoms with Gasteiger partial charge in [0.25, 0.3) is 0 Å². The Morgan fingerprint density at radius 2 is 1.89 bits per heavy atom. The molecule has 4 nitrogen and oxygen atoms in total. The molecule has 0 aliphatic heterocycles. The number of hydrogen-bond acceptors (Lipinski definition) is 3. The van der Waals surface area contributed by atoms with Crippen molar-refractivity contribution in [3.8, 4) is 0 Å². The van der Waals surface area contributed by atoms with Gasteiger partial charge in [-0.05, 0) is 17.7 Å². The molecular weight excluding hydrogens is 226 g/mol. The molecule has 92 valence electrons. The topological polar surface area (TPSA) is 68.0 Å². The van der Waals surface area contributed by atoms with Gasteiger partial charge in [-0.15, -0.1) is 0 Å². The third-order valence-corrected chi connectivity index (χ3v) is 2.60. The van der Waals surface area contributed by atoms with E-state index in [1.54, 1.807) is 18.3 Å². The summed E-state index contributed by atoms with van der Waals surface area (Å²) in [5, 5.41) is 2.79. The lowest BCUT2D eigenvalue weighted by Crippen LogP contribution is -2.34. The van der Waals surface area contributed by atoms with Crippen molar-refractivity contribution >= 4 is 5.91 Å². The number of hydrogen-bond donors (Lipinski definition) is 2. The highest BCUT2D eigenvalue weighted by molar-refractivity contribution is 5.82. The summed E-state index contributed by atoms with van der Waals surface area (Å²) in [4.78, 5) is 15.9. The lowest BCUT2D eigenvalue weighted by atomic mass is 10.1. The van der Waals surface area contributed by atoms with E-state index in [0.29, 0.717) is 12.2 Å². The van der Waals surface area contributed by atoms with Crippen LogP contribution in [0.4, 0.5) is 0 Å². The average Bonchev–Trinajstić information content (AvgIpc) is 2.46. The Kier molecular flexibility index (Phi) is 4.04. The molecule has 0 saturated carbocycles. The van der Waals surface area contributed by atoms with Crippen LogP contribution in [-0.4, -0.2) is 10.9 Å². The van der Waals surface area contributed by atoms with Gasteiger partial charge in [-0.25, -0.2) is 0 Å². The van der Waals surface area contributed by atoms with E-state index in [4.69, 9.17) is 5.73 Å². The van der Waals surface area contributed by atoms with Gasteiger partial charge in [0.2, 0.25) is 5.91 Å². The first-order chi connectivity index (χ1) is 8.77. The number of nitrogens with two attached hydrogens (primary N) is 1. The molecule has 2 aromatic rings. The number of amides is 1. The molecule has 2 rings (SSSR count). The molecule has 0 bridgehead atoms. The second-order valence-electron chi connectivity index (χ2n) is 3.94. The zero-order valence-electron chi connectivity index (χ0n) is 9.91. The Morgan fingerprint density at radius 3 is 2.56 bits per heavy atom. The summed E-state index contributed by atoms with van der Waals surface area (Å²) in [5.41, 5.74) is 7.44. The second kappa shape index (κ2) is 5.93. The summed E-state index contributed by atoms with van der Waals surface area (Å²) in [6.45, 7) is 0.472. The first-order valence-electron chi connectivity index (χ1n) is 5.75. The molecule has 4 heteroatoms. The maximum atomic E-state index is 11.8. The highest BCUT2D eigenvalue weighted by atomic mass is 16.2. The first-order valence-corrected chi connectivity index (χ1v) is 5.75. The number of benzene rings is 1. The number of nitrogens with zero attached hydrogens (tertiary/aromatic N) is 1. The van der Waals surface area contributed by atoms with E-state index < -0.39 is 6.04 Å². The van der Waals surface area contributed by atoms with E-state index in [9.17, 15) is 4.79 Å². The standard InChI is InChI=1S/C14H15N3O/c15-13(12-8-4-5-9-16-12)14(18)17-10-11-6-2-1-3-7-11/h1-9,13H,10,15H2,(H,17,18). The van der Waals surface area contributed by atoms with E-state index in [1.165, 1.54) is 0 Å². The van der Waals surface area contributed by atoms with Crippen LogP contribution in [0.5, 0.6) is 0 Å². The zero-order chi connectivity index (χ0) is 12.8. The van der Waals surface area contributed by atoms with Crippen LogP contribution in [0.2, 0.25) is 0 Å². The number of pyridine rings is 1. The van der Waals surface area contributed by atoms with E-state index in [-0.39, 0.29) is 5.91 Å². The van der Waals surface area contributed by atoms with Crippen LogP contribution in [0.15, 0.2) is 54.7 Å². The Bertz CT molecular complexity index is 499. The van der Waals surface area contributed by atoms with Gasteiger partial charge in [0.1, 0.15) is 6.04 Å². The largest absolute Gasteiger partial charge is 0.350 e. The number of carbonyl (C=O) groups excluding carboxylic acids is 1. The van der Waals surface area contributed by atoms with Crippen molar-refractivity contribution < 1.29 is 4.79 Å². The average molecular weight is 241 g/mol. The van der Waals surface area contributed by atoms with Gasteiger partial charge in [-0.3, -0.25) is 9.78 Å². The fourth-order valence-electron chi connectivity index (χ4n) is 1.59. The molecule has 3 N–H and O–H groups in total. The van der Waals surface area contributed by atoms with E-state index in [0.717, 1.165) is 5.56 Å². The van der Waals surface area contributed by atoms with E-state index in [2.05, 4.69) is 10.3 Å². The third-order valence-electron chi connectivity index (χ3n) is 2.60. The molecule has 1 atom stereocenters. The number of aromatic nitrogens is 1. The smallest absolute Gasteiger partial charge is 0.243 e. The quantitative estimate of drug-likeness (QED) is 0.850. The molecule has 1 aromatic carbocycles. The molecule has 0 saturated heterocycles. The third kappa shape index (κ3) is 3.15. The predicted octanol–water partition coefficient (Wildman–Crippen LogP) is 1.40. The molecule has 0 fully saturated rings. The molecule has 0 aliphatic rings. The summed E-state index contributed by atoms with van der Waals surface area (Å²) < 4.78 is 0. The summed E-state index contributed by atoms with van der Waals surface area (Å²) in [6, 6.07) is 14.3. The summed E-state index contributed by atoms with van der Waals surface area (Å²) >= 11 is 0. The first kappa shape index (κ1) is 12.3. The van der Waals surface area contributed by atoms with Crippen molar-refractivity contribution in [1.82, 2.24) is 10.3 Å². The van der Waals surface area contributed by atoms with E-state index >= 15 is 0 Å². The van der Waals surface area contributed by atoms with Gasteiger partial charge in [-0.2, -0.15) is 0 Å². The summed E-state index contributed by atoms with van der Waals surface area (Å²) in [5.74, 6) is -0.224. The number of nitrogens with one attached hydrogen (secondary N) is 1. The Balaban J connectivity index is 1.93. The van der Waals surface area contributed by atoms with Crippen LogP contribution in [0.3, 0.4) is 0 Å². The van der Waals surface area contributed by atoms with Crippen LogP contribution >= 0.6 is 0 Å². The molecule has 1 heterocycles. The van der Waals surface area contributed by atoms with E-state index in [1.807, 2.05) is 36.4 Å². The zero-order valence-corrected chi connectivity index (χ0v) is 9.91. The molecule has 1 aromatic heterocycles. The van der Waals surface area contributed by atoms with Gasteiger partial charge in [0, 0.05) is 12.7 Å². The highest BCUT2D eigenvalue weighted by Crippen LogP contribution is 2.06. The minimum Gasteiger partial charge on any atom is -0.350 e. The van der Waals surface area contributed by atoms with Crippen molar-refractivity contribution in [2.45, 2.75) is 12.6 Å². The second-order valence-corrected chi connectivity index (χ2v) is 3.94. The van der Waals surface area contributed by atoms with Crippen molar-refractivity contribution in [2.24, 2.45) is 5.73 Å². The normalized spacial score (nSPS) is 11.8. The molecule has 0 aliphatic carbocycles. The minimum absolute atomic E-state index is 0.224. The van der Waals surface area contributed by atoms with Crippen LogP contribution < -0.4 is 11.1 Å². The molecule has 0 radical (unpaired) electrons. The van der Waals surface area contributed by atoms with Crippen LogP contribution in [0.25, 0.3) is 0 Å². The fraction of sp³-hybridized carbons (Fsp3) is 0.143. The van der Waals surface area contributed by atoms with Gasteiger partial charge in [0.15, 0.2) is 0 Å². The molecule has 0 spiro atoms. The van der Waals surface area contributed by atoms with Gasteiger partial charge in [0.05, 0.1) is 5.69 Å². The monoisotopic (exact) mass is 241 g/mol. The van der Waals surface area contributed by atoms with Crippen molar-refractivity contribution in [3.05, 3.63) is 66.0 Å². The number of rotatable bonds is 4. The SMILES string of the molecule is NC(C(=O)NCc1ccccc1)c1ccccn1. The van der Waals surface area contributed by atoms with Crippen LogP contribution in [0.1, 0.15) is 17.3 Å². The molecule has 1 unspecified atom stereocenters.